The summed E-state index contributed by atoms with van der Waals surface area (Å²) < 4.78 is 5.23. The van der Waals surface area contributed by atoms with Gasteiger partial charge in [-0.05, 0) is 13.3 Å². The van der Waals surface area contributed by atoms with Crippen LogP contribution < -0.4 is 5.43 Å². The molecule has 0 rings (SSSR count). The van der Waals surface area contributed by atoms with E-state index in [4.69, 9.17) is 10.1 Å². The second-order valence-corrected chi connectivity index (χ2v) is 2.04. The highest BCUT2D eigenvalue weighted by molar-refractivity contribution is 5.83. The molecule has 1 atom stereocenters. The predicted molar refractivity (Wildman–Crippen MR) is 46.1 cm³/mol. The normalized spacial score (nSPS) is 12.2. The number of nitrogens with one attached hydrogen (secondary N) is 2. The molecule has 4 heteroatoms. The van der Waals surface area contributed by atoms with Gasteiger partial charge in [0.1, 0.15) is 11.9 Å². The van der Waals surface area contributed by atoms with Gasteiger partial charge in [-0.3, -0.25) is 10.8 Å². The minimum absolute atomic E-state index is 0.175. The zero-order chi connectivity index (χ0) is 8.69. The van der Waals surface area contributed by atoms with Crippen LogP contribution in [0.15, 0.2) is 5.10 Å². The second-order valence-electron chi connectivity index (χ2n) is 2.04. The number of rotatable bonds is 5. The van der Waals surface area contributed by atoms with Gasteiger partial charge in [0.25, 0.3) is 0 Å². The molecule has 11 heavy (non-hydrogen) atoms. The van der Waals surface area contributed by atoms with Crippen LogP contribution in [0.3, 0.4) is 0 Å². The van der Waals surface area contributed by atoms with Gasteiger partial charge in [0.15, 0.2) is 0 Å². The average molecular weight is 157 g/mol. The molecule has 1 unspecified atom stereocenters. The van der Waals surface area contributed by atoms with Crippen molar-refractivity contribution in [2.75, 3.05) is 6.61 Å². The van der Waals surface area contributed by atoms with Crippen molar-refractivity contribution < 1.29 is 4.74 Å². The van der Waals surface area contributed by atoms with Crippen LogP contribution in [0.4, 0.5) is 0 Å². The molecule has 4 nitrogen and oxygen atoms in total. The molecule has 0 saturated carbocycles. The number of hydrogen-bond donors (Lipinski definition) is 2. The largest absolute Gasteiger partial charge is 0.371 e. The van der Waals surface area contributed by atoms with E-state index in [1.807, 2.05) is 13.8 Å². The average Bonchev–Trinajstić information content (AvgIpc) is 2.00. The Hall–Kier alpha value is -0.900. The molecule has 0 heterocycles. The highest BCUT2D eigenvalue weighted by Gasteiger charge is 2.10. The van der Waals surface area contributed by atoms with Gasteiger partial charge >= 0.3 is 0 Å². The Morgan fingerprint density at radius 2 is 2.36 bits per heavy atom. The molecule has 0 fully saturated rings. The molecule has 0 aromatic rings. The zero-order valence-corrected chi connectivity index (χ0v) is 7.05. The van der Waals surface area contributed by atoms with Crippen molar-refractivity contribution in [3.05, 3.63) is 0 Å². The standard InChI is InChI=1S/C7H15N3O/c1-4-6(11-5-2)7(8)10-9-3/h6H,3-5H2,1-2H3,(H2,8,10). The maximum atomic E-state index is 7.38. The van der Waals surface area contributed by atoms with Gasteiger partial charge in [-0.15, -0.1) is 0 Å². The van der Waals surface area contributed by atoms with Gasteiger partial charge in [0.2, 0.25) is 0 Å². The molecule has 64 valence electrons. The lowest BCUT2D eigenvalue weighted by molar-refractivity contribution is 0.104. The van der Waals surface area contributed by atoms with Crippen LogP contribution in [0.1, 0.15) is 20.3 Å². The van der Waals surface area contributed by atoms with Crippen molar-refractivity contribution in [3.8, 4) is 0 Å². The number of hydrazone groups is 1. The summed E-state index contributed by atoms with van der Waals surface area (Å²) in [6, 6.07) is 0. The first-order chi connectivity index (χ1) is 5.26. The van der Waals surface area contributed by atoms with Gasteiger partial charge in [-0.1, -0.05) is 6.92 Å². The third kappa shape index (κ3) is 3.72. The van der Waals surface area contributed by atoms with E-state index in [1.165, 1.54) is 0 Å². The Balaban J connectivity index is 3.80. The highest BCUT2D eigenvalue weighted by atomic mass is 16.5. The lowest BCUT2D eigenvalue weighted by Gasteiger charge is -2.14. The van der Waals surface area contributed by atoms with Gasteiger partial charge in [0, 0.05) is 13.3 Å². The first-order valence-corrected chi connectivity index (χ1v) is 3.68. The fraction of sp³-hybridized carbons (Fsp3) is 0.714. The maximum Gasteiger partial charge on any atom is 0.143 e. The first kappa shape index (κ1) is 10.1. The molecular weight excluding hydrogens is 142 g/mol. The van der Waals surface area contributed by atoms with Crippen LogP contribution >= 0.6 is 0 Å². The van der Waals surface area contributed by atoms with Crippen LogP contribution in [0.25, 0.3) is 0 Å². The summed E-state index contributed by atoms with van der Waals surface area (Å²) in [5, 5.41) is 10.8. The Morgan fingerprint density at radius 3 is 2.73 bits per heavy atom. The summed E-state index contributed by atoms with van der Waals surface area (Å²) in [6.45, 7) is 7.69. The van der Waals surface area contributed by atoms with E-state index in [2.05, 4.69) is 17.2 Å². The fourth-order valence-electron chi connectivity index (χ4n) is 0.764. The quantitative estimate of drug-likeness (QED) is 0.355. The summed E-state index contributed by atoms with van der Waals surface area (Å²) in [7, 11) is 0. The fourth-order valence-corrected chi connectivity index (χ4v) is 0.764. The molecule has 0 spiro atoms. The van der Waals surface area contributed by atoms with Gasteiger partial charge in [-0.25, -0.2) is 0 Å². The first-order valence-electron chi connectivity index (χ1n) is 3.68. The molecule has 2 N–H and O–H groups in total. The monoisotopic (exact) mass is 157 g/mol. The molecule has 0 aromatic carbocycles. The van der Waals surface area contributed by atoms with E-state index in [1.54, 1.807) is 0 Å². The topological polar surface area (TPSA) is 57.5 Å². The molecule has 0 aromatic heterocycles. The van der Waals surface area contributed by atoms with E-state index in [0.717, 1.165) is 6.42 Å². The van der Waals surface area contributed by atoms with Gasteiger partial charge in [0.05, 0.1) is 0 Å². The van der Waals surface area contributed by atoms with Crippen molar-refractivity contribution in [1.29, 1.82) is 5.41 Å². The van der Waals surface area contributed by atoms with Crippen LogP contribution in [0.5, 0.6) is 0 Å². The molecular formula is C7H15N3O. The van der Waals surface area contributed by atoms with E-state index >= 15 is 0 Å². The Labute approximate surface area is 67.1 Å². The summed E-state index contributed by atoms with van der Waals surface area (Å²) >= 11 is 0. The van der Waals surface area contributed by atoms with Crippen LogP contribution in [-0.4, -0.2) is 25.3 Å². The van der Waals surface area contributed by atoms with Crippen molar-refractivity contribution in [2.24, 2.45) is 5.10 Å². The highest BCUT2D eigenvalue weighted by Crippen LogP contribution is 1.97. The third-order valence-electron chi connectivity index (χ3n) is 1.26. The number of hydrogen-bond acceptors (Lipinski definition) is 3. The maximum absolute atomic E-state index is 7.38. The minimum Gasteiger partial charge on any atom is -0.371 e. The molecule has 0 saturated heterocycles. The minimum atomic E-state index is -0.175. The van der Waals surface area contributed by atoms with Crippen LogP contribution in [0.2, 0.25) is 0 Å². The molecule has 0 aliphatic carbocycles. The van der Waals surface area contributed by atoms with Crippen molar-refractivity contribution in [2.45, 2.75) is 26.4 Å². The molecule has 0 aliphatic rings. The molecule has 0 bridgehead atoms. The SMILES string of the molecule is C=NNC(=N)C(CC)OCC. The molecule has 0 radical (unpaired) electrons. The van der Waals surface area contributed by atoms with E-state index in [-0.39, 0.29) is 11.9 Å². The third-order valence-corrected chi connectivity index (χ3v) is 1.26. The zero-order valence-electron chi connectivity index (χ0n) is 7.05. The van der Waals surface area contributed by atoms with Gasteiger partial charge in [-0.2, -0.15) is 5.10 Å². The number of amidine groups is 1. The predicted octanol–water partition coefficient (Wildman–Crippen LogP) is 0.984. The lowest BCUT2D eigenvalue weighted by Crippen LogP contribution is -2.32. The molecule has 0 amide bonds. The van der Waals surface area contributed by atoms with Gasteiger partial charge < -0.3 is 4.74 Å². The Morgan fingerprint density at radius 1 is 1.73 bits per heavy atom. The summed E-state index contributed by atoms with van der Waals surface area (Å²) in [5.41, 5.74) is 2.45. The van der Waals surface area contributed by atoms with E-state index in [0.29, 0.717) is 6.61 Å². The Bertz CT molecular complexity index is 136. The Kier molecular flexibility index (Phi) is 5.37. The summed E-state index contributed by atoms with van der Waals surface area (Å²) in [4.78, 5) is 0. The molecule has 0 aliphatic heterocycles. The smallest absolute Gasteiger partial charge is 0.143 e. The second kappa shape index (κ2) is 5.85. The summed E-state index contributed by atoms with van der Waals surface area (Å²) in [5.74, 6) is 0.268. The van der Waals surface area contributed by atoms with Crippen molar-refractivity contribution in [1.82, 2.24) is 5.43 Å². The summed E-state index contributed by atoms with van der Waals surface area (Å²) in [6.07, 6.45) is 0.598. The number of ether oxygens (including phenoxy) is 1. The van der Waals surface area contributed by atoms with E-state index < -0.39 is 0 Å². The van der Waals surface area contributed by atoms with Crippen molar-refractivity contribution >= 4 is 12.6 Å². The van der Waals surface area contributed by atoms with Crippen molar-refractivity contribution in [3.63, 3.8) is 0 Å². The van der Waals surface area contributed by atoms with Crippen LogP contribution in [0, 0.1) is 5.41 Å². The lowest BCUT2D eigenvalue weighted by atomic mass is 10.2. The van der Waals surface area contributed by atoms with Crippen LogP contribution in [-0.2, 0) is 4.74 Å². The number of nitrogens with zero attached hydrogens (tertiary/aromatic N) is 1. The van der Waals surface area contributed by atoms with E-state index in [9.17, 15) is 0 Å².